The number of carbonyl (C=O) groups is 2. The maximum atomic E-state index is 12.8. The van der Waals surface area contributed by atoms with Gasteiger partial charge in [-0.25, -0.2) is 17.5 Å². The third kappa shape index (κ3) is 4.75. The Bertz CT molecular complexity index is 705. The van der Waals surface area contributed by atoms with Gasteiger partial charge in [0.25, 0.3) is 0 Å². The number of amides is 1. The lowest BCUT2D eigenvalue weighted by molar-refractivity contribution is -0.139. The molecule has 0 radical (unpaired) electrons. The number of nitrogens with zero attached hydrogens (tertiary/aromatic N) is 1. The van der Waals surface area contributed by atoms with E-state index in [0.29, 0.717) is 13.0 Å². The molecule has 1 heterocycles. The summed E-state index contributed by atoms with van der Waals surface area (Å²) in [6.07, 6.45) is 1.22. The molecule has 1 aromatic rings. The van der Waals surface area contributed by atoms with Crippen LogP contribution in [0.25, 0.3) is 0 Å². The van der Waals surface area contributed by atoms with Gasteiger partial charge >= 0.3 is 5.97 Å². The fourth-order valence-corrected chi connectivity index (χ4v) is 3.74. The van der Waals surface area contributed by atoms with Crippen LogP contribution in [-0.2, 0) is 19.6 Å². The molecule has 1 aliphatic heterocycles. The summed E-state index contributed by atoms with van der Waals surface area (Å²) in [5.74, 6) is -1.78. The molecular weight excluding hydrogens is 339 g/mol. The number of hydrogen-bond acceptors (Lipinski definition) is 4. The van der Waals surface area contributed by atoms with Crippen molar-refractivity contribution in [2.45, 2.75) is 36.6 Å². The van der Waals surface area contributed by atoms with Crippen LogP contribution in [0.5, 0.6) is 0 Å². The summed E-state index contributed by atoms with van der Waals surface area (Å²) in [6, 6.07) is 4.04. The molecule has 0 bridgehead atoms. The Morgan fingerprint density at radius 2 is 1.96 bits per heavy atom. The molecule has 24 heavy (non-hydrogen) atoms. The SMILES string of the molecule is O=C(O)CC1CCCN1C(=O)CCNS(=O)(=O)c1ccc(F)cc1. The highest BCUT2D eigenvalue weighted by atomic mass is 32.2. The van der Waals surface area contributed by atoms with Crippen molar-refractivity contribution < 1.29 is 27.5 Å². The molecule has 0 spiro atoms. The molecule has 1 fully saturated rings. The van der Waals surface area contributed by atoms with Gasteiger partial charge in [-0.2, -0.15) is 0 Å². The van der Waals surface area contributed by atoms with Gasteiger partial charge in [0.05, 0.1) is 11.3 Å². The first kappa shape index (κ1) is 18.3. The predicted octanol–water partition coefficient (Wildman–Crippen LogP) is 0.960. The molecule has 9 heteroatoms. The van der Waals surface area contributed by atoms with Crippen LogP contribution < -0.4 is 4.72 Å². The number of likely N-dealkylation sites (tertiary alicyclic amines) is 1. The van der Waals surface area contributed by atoms with Crippen molar-refractivity contribution in [1.29, 1.82) is 0 Å². The highest BCUT2D eigenvalue weighted by Crippen LogP contribution is 2.21. The molecule has 0 aromatic heterocycles. The molecule has 1 aromatic carbocycles. The smallest absolute Gasteiger partial charge is 0.305 e. The van der Waals surface area contributed by atoms with E-state index >= 15 is 0 Å². The number of aliphatic carboxylic acids is 1. The van der Waals surface area contributed by atoms with Crippen LogP contribution in [-0.4, -0.2) is 49.4 Å². The molecule has 132 valence electrons. The van der Waals surface area contributed by atoms with E-state index in [4.69, 9.17) is 5.11 Å². The fraction of sp³-hybridized carbons (Fsp3) is 0.467. The minimum absolute atomic E-state index is 0.0590. The van der Waals surface area contributed by atoms with Crippen molar-refractivity contribution in [3.05, 3.63) is 30.1 Å². The summed E-state index contributed by atoms with van der Waals surface area (Å²) in [7, 11) is -3.81. The number of carboxylic acid groups (broad SMARTS) is 1. The Hall–Kier alpha value is -2.00. The van der Waals surface area contributed by atoms with E-state index in [2.05, 4.69) is 4.72 Å². The molecule has 0 aliphatic carbocycles. The number of halogens is 1. The zero-order valence-corrected chi connectivity index (χ0v) is 13.8. The van der Waals surface area contributed by atoms with Crippen LogP contribution in [0.1, 0.15) is 25.7 Å². The average molecular weight is 358 g/mol. The maximum absolute atomic E-state index is 12.8. The second-order valence-corrected chi connectivity index (χ2v) is 7.35. The first-order valence-corrected chi connectivity index (χ1v) is 9.04. The second-order valence-electron chi connectivity index (χ2n) is 5.58. The lowest BCUT2D eigenvalue weighted by atomic mass is 10.1. The van der Waals surface area contributed by atoms with Gasteiger partial charge in [-0.1, -0.05) is 0 Å². The molecule has 1 amide bonds. The first-order chi connectivity index (χ1) is 11.3. The van der Waals surface area contributed by atoms with Crippen molar-refractivity contribution in [1.82, 2.24) is 9.62 Å². The summed E-state index contributed by atoms with van der Waals surface area (Å²) >= 11 is 0. The van der Waals surface area contributed by atoms with E-state index in [1.807, 2.05) is 0 Å². The number of benzene rings is 1. The first-order valence-electron chi connectivity index (χ1n) is 7.56. The minimum Gasteiger partial charge on any atom is -0.481 e. The minimum atomic E-state index is -3.81. The molecule has 2 rings (SSSR count). The van der Waals surface area contributed by atoms with Crippen molar-refractivity contribution >= 4 is 21.9 Å². The summed E-state index contributed by atoms with van der Waals surface area (Å²) in [5, 5.41) is 8.85. The number of hydrogen-bond donors (Lipinski definition) is 2. The van der Waals surface area contributed by atoms with E-state index in [1.165, 1.54) is 4.90 Å². The van der Waals surface area contributed by atoms with Crippen LogP contribution in [0.15, 0.2) is 29.2 Å². The van der Waals surface area contributed by atoms with Gasteiger partial charge in [-0.05, 0) is 37.1 Å². The van der Waals surface area contributed by atoms with Crippen molar-refractivity contribution in [3.8, 4) is 0 Å². The zero-order valence-electron chi connectivity index (χ0n) is 12.9. The summed E-state index contributed by atoms with van der Waals surface area (Å²) in [6.45, 7) is 0.385. The van der Waals surface area contributed by atoms with Gasteiger partial charge in [-0.3, -0.25) is 9.59 Å². The number of sulfonamides is 1. The van der Waals surface area contributed by atoms with Gasteiger partial charge < -0.3 is 10.0 Å². The lowest BCUT2D eigenvalue weighted by Crippen LogP contribution is -2.38. The highest BCUT2D eigenvalue weighted by Gasteiger charge is 2.30. The van der Waals surface area contributed by atoms with Crippen molar-refractivity contribution in [2.75, 3.05) is 13.1 Å². The molecule has 1 saturated heterocycles. The van der Waals surface area contributed by atoms with Crippen molar-refractivity contribution in [3.63, 3.8) is 0 Å². The maximum Gasteiger partial charge on any atom is 0.305 e. The van der Waals surface area contributed by atoms with Gasteiger partial charge in [0.2, 0.25) is 15.9 Å². The molecule has 2 N–H and O–H groups in total. The summed E-state index contributed by atoms with van der Waals surface area (Å²) < 4.78 is 39.2. The van der Waals surface area contributed by atoms with Crippen molar-refractivity contribution in [2.24, 2.45) is 0 Å². The number of nitrogens with one attached hydrogen (secondary N) is 1. The van der Waals surface area contributed by atoms with Crippen LogP contribution in [0, 0.1) is 5.82 Å². The predicted molar refractivity (Wildman–Crippen MR) is 83.2 cm³/mol. The van der Waals surface area contributed by atoms with E-state index < -0.39 is 21.8 Å². The normalized spacial score (nSPS) is 17.9. The fourth-order valence-electron chi connectivity index (χ4n) is 2.71. The molecule has 1 atom stereocenters. The standard InChI is InChI=1S/C15H19FN2O5S/c16-11-3-5-13(6-4-11)24(22,23)17-8-7-14(19)18-9-1-2-12(18)10-15(20)21/h3-6,12,17H,1-2,7-10H2,(H,20,21). The Morgan fingerprint density at radius 1 is 1.29 bits per heavy atom. The topological polar surface area (TPSA) is 104 Å². The largest absolute Gasteiger partial charge is 0.481 e. The highest BCUT2D eigenvalue weighted by molar-refractivity contribution is 7.89. The Labute approximate surface area is 139 Å². The van der Waals surface area contributed by atoms with E-state index in [9.17, 15) is 22.4 Å². The number of carboxylic acids is 1. The molecule has 1 unspecified atom stereocenters. The van der Waals surface area contributed by atoms with E-state index in [0.717, 1.165) is 30.7 Å². The molecule has 1 aliphatic rings. The Balaban J connectivity index is 1.87. The monoisotopic (exact) mass is 358 g/mol. The van der Waals surface area contributed by atoms with Gasteiger partial charge in [0.1, 0.15) is 5.82 Å². The van der Waals surface area contributed by atoms with E-state index in [1.54, 1.807) is 0 Å². The van der Waals surface area contributed by atoms with Crippen LogP contribution in [0.4, 0.5) is 4.39 Å². The van der Waals surface area contributed by atoms with Gasteiger partial charge in [0, 0.05) is 25.6 Å². The zero-order chi connectivity index (χ0) is 17.7. The second kappa shape index (κ2) is 7.71. The number of rotatable bonds is 7. The van der Waals surface area contributed by atoms with Crippen LogP contribution >= 0.6 is 0 Å². The van der Waals surface area contributed by atoms with Gasteiger partial charge in [-0.15, -0.1) is 0 Å². The lowest BCUT2D eigenvalue weighted by Gasteiger charge is -2.23. The quantitative estimate of drug-likeness (QED) is 0.756. The summed E-state index contributed by atoms with van der Waals surface area (Å²) in [5.41, 5.74) is 0. The molecular formula is C15H19FN2O5S. The molecule has 0 saturated carbocycles. The Morgan fingerprint density at radius 3 is 2.58 bits per heavy atom. The van der Waals surface area contributed by atoms with Crippen LogP contribution in [0.2, 0.25) is 0 Å². The molecule has 7 nitrogen and oxygen atoms in total. The van der Waals surface area contributed by atoms with Gasteiger partial charge in [0.15, 0.2) is 0 Å². The number of carbonyl (C=O) groups excluding carboxylic acids is 1. The Kier molecular flexibility index (Phi) is 5.89. The van der Waals surface area contributed by atoms with Crippen LogP contribution in [0.3, 0.4) is 0 Å². The third-order valence-electron chi connectivity index (χ3n) is 3.86. The summed E-state index contributed by atoms with van der Waals surface area (Å²) in [4.78, 5) is 24.4. The third-order valence-corrected chi connectivity index (χ3v) is 5.34. The van der Waals surface area contributed by atoms with E-state index in [-0.39, 0.29) is 36.2 Å². The average Bonchev–Trinajstić information content (AvgIpc) is 2.94.